The van der Waals surface area contributed by atoms with E-state index in [1.807, 2.05) is 0 Å². The van der Waals surface area contributed by atoms with Crippen molar-refractivity contribution in [1.82, 2.24) is 0 Å². The van der Waals surface area contributed by atoms with E-state index in [1.165, 1.54) is 0 Å². The van der Waals surface area contributed by atoms with Crippen molar-refractivity contribution in [2.24, 2.45) is 0 Å². The normalized spacial score (nSPS) is 17.4. The highest BCUT2D eigenvalue weighted by atomic mass is 31.2. The van der Waals surface area contributed by atoms with E-state index in [2.05, 4.69) is 12.5 Å². The number of hydrogen-bond acceptors (Lipinski definition) is 2. The summed E-state index contributed by atoms with van der Waals surface area (Å²) in [5.74, 6) is 2.29. The average Bonchev–Trinajstić information content (AvgIpc) is 1.95. The highest BCUT2D eigenvalue weighted by Gasteiger charge is 2.16. The van der Waals surface area contributed by atoms with Crippen molar-refractivity contribution in [2.45, 2.75) is 18.9 Å². The van der Waals surface area contributed by atoms with Gasteiger partial charge in [-0.2, -0.15) is 0 Å². The smallest absolute Gasteiger partial charge is 0.324 e. The molecule has 4 heteroatoms. The van der Waals surface area contributed by atoms with Gasteiger partial charge in [-0.05, 0) is 12.8 Å². The minimum Gasteiger partial charge on any atom is -0.324 e. The van der Waals surface area contributed by atoms with Crippen LogP contribution >= 0.6 is 7.60 Å². The lowest BCUT2D eigenvalue weighted by molar-refractivity contribution is 0.215. The van der Waals surface area contributed by atoms with Crippen molar-refractivity contribution < 1.29 is 14.0 Å². The van der Waals surface area contributed by atoms with E-state index in [0.29, 0.717) is 12.8 Å². The van der Waals surface area contributed by atoms with Crippen LogP contribution in [0.1, 0.15) is 12.8 Å². The Morgan fingerprint density at radius 1 is 1.92 bits per heavy atom. The molecule has 0 aliphatic carbocycles. The molecular weight excluding hydrogens is 175 g/mol. The molecule has 0 spiro atoms. The maximum atomic E-state index is 10.8. The van der Waals surface area contributed by atoms with E-state index in [4.69, 9.17) is 15.8 Å². The molecule has 12 heavy (non-hydrogen) atoms. The lowest BCUT2D eigenvalue weighted by Gasteiger charge is -2.12. The third kappa shape index (κ3) is 6.18. The fraction of sp³-hybridized carbons (Fsp3) is 0.500. The fourth-order valence-corrected chi connectivity index (χ4v) is 1.31. The summed E-state index contributed by atoms with van der Waals surface area (Å²) in [6.45, 7) is 4.62. The standard InChI is InChI=1S/C8H13O3P/c1-4-6-7-8(5-2)11-12(3,9)10/h2,4,8H,1,6-7H2,3H3,(H,9,10). The molecule has 0 heterocycles. The zero-order chi connectivity index (χ0) is 9.61. The fourth-order valence-electron chi connectivity index (χ4n) is 0.672. The van der Waals surface area contributed by atoms with Crippen molar-refractivity contribution in [1.29, 1.82) is 0 Å². The third-order valence-electron chi connectivity index (χ3n) is 1.14. The molecule has 0 aliphatic heterocycles. The first-order chi connectivity index (χ1) is 5.49. The Labute approximate surface area is 73.0 Å². The van der Waals surface area contributed by atoms with Gasteiger partial charge in [0.05, 0.1) is 0 Å². The maximum absolute atomic E-state index is 10.8. The quantitative estimate of drug-likeness (QED) is 0.406. The topological polar surface area (TPSA) is 46.5 Å². The number of terminal acetylenes is 1. The van der Waals surface area contributed by atoms with Crippen molar-refractivity contribution in [3.63, 3.8) is 0 Å². The van der Waals surface area contributed by atoms with Crippen molar-refractivity contribution in [2.75, 3.05) is 6.66 Å². The summed E-state index contributed by atoms with van der Waals surface area (Å²) in [5, 5.41) is 0. The molecule has 0 bridgehead atoms. The summed E-state index contributed by atoms with van der Waals surface area (Å²) in [7, 11) is -3.46. The monoisotopic (exact) mass is 188 g/mol. The summed E-state index contributed by atoms with van der Waals surface area (Å²) in [5.41, 5.74) is 0. The Balaban J connectivity index is 3.94. The van der Waals surface area contributed by atoms with E-state index in [1.54, 1.807) is 6.08 Å². The van der Waals surface area contributed by atoms with Crippen LogP contribution in [0.3, 0.4) is 0 Å². The zero-order valence-corrected chi connectivity index (χ0v) is 7.96. The summed E-state index contributed by atoms with van der Waals surface area (Å²) in [4.78, 5) is 8.83. The summed E-state index contributed by atoms with van der Waals surface area (Å²) < 4.78 is 15.5. The van der Waals surface area contributed by atoms with Crippen LogP contribution in [0.15, 0.2) is 12.7 Å². The molecule has 2 unspecified atom stereocenters. The highest BCUT2D eigenvalue weighted by molar-refractivity contribution is 7.51. The second kappa shape index (κ2) is 5.16. The van der Waals surface area contributed by atoms with Gasteiger partial charge in [0, 0.05) is 6.66 Å². The van der Waals surface area contributed by atoms with Gasteiger partial charge in [0.25, 0.3) is 0 Å². The molecular formula is C8H13O3P. The Morgan fingerprint density at radius 3 is 2.83 bits per heavy atom. The highest BCUT2D eigenvalue weighted by Crippen LogP contribution is 2.38. The van der Waals surface area contributed by atoms with E-state index < -0.39 is 13.7 Å². The molecule has 0 saturated heterocycles. The molecule has 0 saturated carbocycles. The Bertz CT molecular complexity index is 223. The molecule has 0 aromatic carbocycles. The average molecular weight is 188 g/mol. The van der Waals surface area contributed by atoms with Gasteiger partial charge in [0.15, 0.2) is 0 Å². The van der Waals surface area contributed by atoms with Gasteiger partial charge in [0.2, 0.25) is 0 Å². The van der Waals surface area contributed by atoms with Gasteiger partial charge < -0.3 is 4.89 Å². The first-order valence-corrected chi connectivity index (χ1v) is 5.57. The SMILES string of the molecule is C#CC(CCC=C)OP(C)(=O)O. The third-order valence-corrected chi connectivity index (χ3v) is 1.79. The first kappa shape index (κ1) is 11.4. The summed E-state index contributed by atoms with van der Waals surface area (Å²) in [6.07, 6.45) is 7.37. The van der Waals surface area contributed by atoms with Crippen LogP contribution in [0, 0.1) is 12.3 Å². The van der Waals surface area contributed by atoms with Gasteiger partial charge in [0.1, 0.15) is 6.10 Å². The molecule has 0 aliphatic rings. The van der Waals surface area contributed by atoms with Crippen molar-refractivity contribution >= 4 is 7.60 Å². The van der Waals surface area contributed by atoms with Crippen LogP contribution in [-0.4, -0.2) is 17.7 Å². The molecule has 0 aromatic rings. The first-order valence-electron chi connectivity index (χ1n) is 3.55. The Kier molecular flexibility index (Phi) is 4.92. The van der Waals surface area contributed by atoms with E-state index in [0.717, 1.165) is 6.66 Å². The van der Waals surface area contributed by atoms with Crippen LogP contribution in [0.25, 0.3) is 0 Å². The van der Waals surface area contributed by atoms with Gasteiger partial charge >= 0.3 is 7.60 Å². The molecule has 3 nitrogen and oxygen atoms in total. The van der Waals surface area contributed by atoms with Crippen molar-refractivity contribution in [3.8, 4) is 12.3 Å². The summed E-state index contributed by atoms with van der Waals surface area (Å²) >= 11 is 0. The van der Waals surface area contributed by atoms with Gasteiger partial charge in [-0.3, -0.25) is 9.09 Å². The number of allylic oxidation sites excluding steroid dienone is 1. The molecule has 0 rings (SSSR count). The predicted molar refractivity (Wildman–Crippen MR) is 48.9 cm³/mol. The van der Waals surface area contributed by atoms with Crippen LogP contribution < -0.4 is 0 Å². The lowest BCUT2D eigenvalue weighted by Crippen LogP contribution is -2.07. The second-order valence-corrected chi connectivity index (χ2v) is 4.25. The number of hydrogen-bond donors (Lipinski definition) is 1. The van der Waals surface area contributed by atoms with E-state index in [9.17, 15) is 4.57 Å². The van der Waals surface area contributed by atoms with Gasteiger partial charge in [-0.25, -0.2) is 0 Å². The summed E-state index contributed by atoms with van der Waals surface area (Å²) in [6, 6.07) is 0. The molecule has 0 radical (unpaired) electrons. The molecule has 0 aromatic heterocycles. The minimum absolute atomic E-state index is 0.526. The van der Waals surface area contributed by atoms with Crippen molar-refractivity contribution in [3.05, 3.63) is 12.7 Å². The molecule has 0 fully saturated rings. The zero-order valence-electron chi connectivity index (χ0n) is 7.06. The largest absolute Gasteiger partial charge is 0.326 e. The van der Waals surface area contributed by atoms with Crippen LogP contribution in [-0.2, 0) is 9.09 Å². The van der Waals surface area contributed by atoms with Crippen LogP contribution in [0.2, 0.25) is 0 Å². The van der Waals surface area contributed by atoms with Gasteiger partial charge in [-0.1, -0.05) is 12.0 Å². The van der Waals surface area contributed by atoms with E-state index in [-0.39, 0.29) is 0 Å². The van der Waals surface area contributed by atoms with Gasteiger partial charge in [-0.15, -0.1) is 13.0 Å². The minimum atomic E-state index is -3.46. The molecule has 68 valence electrons. The maximum Gasteiger partial charge on any atom is 0.326 e. The number of rotatable bonds is 5. The molecule has 2 atom stereocenters. The van der Waals surface area contributed by atoms with E-state index >= 15 is 0 Å². The molecule has 0 amide bonds. The van der Waals surface area contributed by atoms with Crippen LogP contribution in [0.5, 0.6) is 0 Å². The predicted octanol–water partition coefficient (Wildman–Crippen LogP) is 1.79. The van der Waals surface area contributed by atoms with Crippen LogP contribution in [0.4, 0.5) is 0 Å². The molecule has 1 N–H and O–H groups in total. The Morgan fingerprint density at radius 2 is 2.50 bits per heavy atom. The second-order valence-electron chi connectivity index (χ2n) is 2.43. The Hall–Kier alpha value is -0.550. The lowest BCUT2D eigenvalue weighted by atomic mass is 10.2.